The molecule has 0 fully saturated rings. The molecular formula is C5H12OSi. The van der Waals surface area contributed by atoms with Gasteiger partial charge in [-0.05, 0) is 13.3 Å². The summed E-state index contributed by atoms with van der Waals surface area (Å²) in [6, 6.07) is 1.26. The van der Waals surface area contributed by atoms with Crippen LogP contribution in [0.5, 0.6) is 0 Å². The summed E-state index contributed by atoms with van der Waals surface area (Å²) in [5.41, 5.74) is 0. The Hall–Kier alpha value is -0.113. The Bertz CT molecular complexity index is 61.1. The highest BCUT2D eigenvalue weighted by molar-refractivity contribution is 6.08. The Morgan fingerprint density at radius 2 is 2.29 bits per heavy atom. The zero-order chi connectivity index (χ0) is 5.70. The highest BCUT2D eigenvalue weighted by Crippen LogP contribution is 1.91. The zero-order valence-electron chi connectivity index (χ0n) is 5.03. The summed E-state index contributed by atoms with van der Waals surface area (Å²) in [7, 11) is 1.24. The molecule has 0 aromatic rings. The largest absolute Gasteiger partial charge is 0.300 e. The SMILES string of the molecule is CC(=O)CCC[SiH3]. The van der Waals surface area contributed by atoms with Crippen molar-refractivity contribution in [3.05, 3.63) is 0 Å². The number of hydrogen-bond donors (Lipinski definition) is 0. The molecule has 0 saturated heterocycles. The summed E-state index contributed by atoms with van der Waals surface area (Å²) in [6.07, 6.45) is 1.91. The molecule has 0 heterocycles. The van der Waals surface area contributed by atoms with E-state index in [9.17, 15) is 4.79 Å². The van der Waals surface area contributed by atoms with Gasteiger partial charge in [-0.1, -0.05) is 6.04 Å². The van der Waals surface area contributed by atoms with Crippen molar-refractivity contribution < 1.29 is 4.79 Å². The third kappa shape index (κ3) is 5.89. The molecular weight excluding hydrogens is 104 g/mol. The molecule has 0 atom stereocenters. The van der Waals surface area contributed by atoms with Crippen LogP contribution in [0.15, 0.2) is 0 Å². The molecule has 0 rings (SSSR count). The molecule has 0 saturated carbocycles. The maximum atomic E-state index is 10.2. The molecule has 0 aliphatic rings. The lowest BCUT2D eigenvalue weighted by Gasteiger charge is -1.86. The summed E-state index contributed by atoms with van der Waals surface area (Å²) < 4.78 is 0. The Balaban J connectivity index is 2.82. The van der Waals surface area contributed by atoms with Crippen LogP contribution in [0.3, 0.4) is 0 Å². The molecule has 1 nitrogen and oxygen atoms in total. The van der Waals surface area contributed by atoms with Crippen LogP contribution < -0.4 is 0 Å². The van der Waals surface area contributed by atoms with Gasteiger partial charge in [-0.3, -0.25) is 0 Å². The summed E-state index contributed by atoms with van der Waals surface area (Å²) >= 11 is 0. The van der Waals surface area contributed by atoms with Crippen LogP contribution in [-0.4, -0.2) is 16.0 Å². The second-order valence-electron chi connectivity index (χ2n) is 1.81. The van der Waals surface area contributed by atoms with Gasteiger partial charge in [0, 0.05) is 16.7 Å². The van der Waals surface area contributed by atoms with E-state index in [0.717, 1.165) is 12.8 Å². The Labute approximate surface area is 47.5 Å². The highest BCUT2D eigenvalue weighted by Gasteiger charge is 1.87. The number of Topliss-reactive ketones (excluding diaryl/α,β-unsaturated/α-hetero) is 1. The van der Waals surface area contributed by atoms with Gasteiger partial charge < -0.3 is 4.79 Å². The third-order valence-electron chi connectivity index (χ3n) is 0.882. The lowest BCUT2D eigenvalue weighted by atomic mass is 10.3. The van der Waals surface area contributed by atoms with Crippen molar-refractivity contribution in [2.75, 3.05) is 0 Å². The van der Waals surface area contributed by atoms with Gasteiger partial charge in [-0.15, -0.1) is 0 Å². The zero-order valence-corrected chi connectivity index (χ0v) is 7.03. The number of hydrogen-bond acceptors (Lipinski definition) is 1. The molecule has 0 aromatic carbocycles. The maximum absolute atomic E-state index is 10.2. The first-order valence-corrected chi connectivity index (χ1v) is 4.18. The lowest BCUT2D eigenvalue weighted by Crippen LogP contribution is -1.87. The number of carbonyl (C=O) groups is 1. The van der Waals surface area contributed by atoms with Crippen molar-refractivity contribution in [2.45, 2.75) is 25.8 Å². The molecule has 2 heteroatoms. The van der Waals surface area contributed by atoms with Crippen LogP contribution >= 0.6 is 0 Å². The standard InChI is InChI=1S/C5H12OSi/c1-5(6)3-2-4-7/h2-4H2,1,7H3. The smallest absolute Gasteiger partial charge is 0.129 e. The van der Waals surface area contributed by atoms with Gasteiger partial charge in [0.05, 0.1) is 0 Å². The molecule has 0 amide bonds. The van der Waals surface area contributed by atoms with Crippen LogP contribution in [-0.2, 0) is 4.79 Å². The second kappa shape index (κ2) is 4.06. The van der Waals surface area contributed by atoms with Crippen LogP contribution in [0.4, 0.5) is 0 Å². The quantitative estimate of drug-likeness (QED) is 0.479. The van der Waals surface area contributed by atoms with Crippen LogP contribution in [0.2, 0.25) is 6.04 Å². The van der Waals surface area contributed by atoms with Crippen molar-refractivity contribution >= 4 is 16.0 Å². The van der Waals surface area contributed by atoms with E-state index >= 15 is 0 Å². The fourth-order valence-electron chi connectivity index (χ4n) is 0.426. The normalized spacial score (nSPS) is 9.29. The monoisotopic (exact) mass is 116 g/mol. The fourth-order valence-corrected chi connectivity index (χ4v) is 0.779. The Kier molecular flexibility index (Phi) is 3.99. The van der Waals surface area contributed by atoms with Crippen LogP contribution in [0.1, 0.15) is 19.8 Å². The topological polar surface area (TPSA) is 17.1 Å². The summed E-state index contributed by atoms with van der Waals surface area (Å²) in [4.78, 5) is 10.2. The molecule has 0 bridgehead atoms. The van der Waals surface area contributed by atoms with Crippen molar-refractivity contribution in [1.29, 1.82) is 0 Å². The minimum Gasteiger partial charge on any atom is -0.300 e. The van der Waals surface area contributed by atoms with Crippen molar-refractivity contribution in [3.63, 3.8) is 0 Å². The van der Waals surface area contributed by atoms with Gasteiger partial charge >= 0.3 is 0 Å². The van der Waals surface area contributed by atoms with E-state index < -0.39 is 0 Å². The molecule has 0 N–H and O–H groups in total. The Morgan fingerprint density at radius 3 is 2.43 bits per heavy atom. The molecule has 0 aliphatic carbocycles. The van der Waals surface area contributed by atoms with Crippen molar-refractivity contribution in [2.24, 2.45) is 0 Å². The molecule has 0 spiro atoms. The van der Waals surface area contributed by atoms with Crippen LogP contribution in [0, 0.1) is 0 Å². The van der Waals surface area contributed by atoms with E-state index in [2.05, 4.69) is 0 Å². The average Bonchev–Trinajstić information content (AvgIpc) is 1.61. The fraction of sp³-hybridized carbons (Fsp3) is 0.800. The van der Waals surface area contributed by atoms with E-state index in [1.54, 1.807) is 6.92 Å². The van der Waals surface area contributed by atoms with E-state index in [-0.39, 0.29) is 0 Å². The van der Waals surface area contributed by atoms with E-state index in [0.29, 0.717) is 5.78 Å². The van der Waals surface area contributed by atoms with Gasteiger partial charge in [0.15, 0.2) is 0 Å². The summed E-state index contributed by atoms with van der Waals surface area (Å²) in [5.74, 6) is 0.329. The Morgan fingerprint density at radius 1 is 1.71 bits per heavy atom. The number of ketones is 1. The maximum Gasteiger partial charge on any atom is 0.129 e. The average molecular weight is 116 g/mol. The minimum atomic E-state index is 0.329. The van der Waals surface area contributed by atoms with Crippen molar-refractivity contribution in [1.82, 2.24) is 0 Å². The van der Waals surface area contributed by atoms with E-state index in [1.165, 1.54) is 16.3 Å². The number of rotatable bonds is 3. The summed E-state index contributed by atoms with van der Waals surface area (Å²) in [5, 5.41) is 0. The lowest BCUT2D eigenvalue weighted by molar-refractivity contribution is -0.117. The molecule has 0 radical (unpaired) electrons. The van der Waals surface area contributed by atoms with Gasteiger partial charge in [-0.2, -0.15) is 0 Å². The molecule has 0 aromatic heterocycles. The van der Waals surface area contributed by atoms with E-state index in [1.807, 2.05) is 0 Å². The minimum absolute atomic E-state index is 0.329. The first-order chi connectivity index (χ1) is 3.27. The number of carbonyl (C=O) groups excluding carboxylic acids is 1. The van der Waals surface area contributed by atoms with Crippen molar-refractivity contribution in [3.8, 4) is 0 Å². The van der Waals surface area contributed by atoms with Gasteiger partial charge in [0.2, 0.25) is 0 Å². The third-order valence-corrected chi connectivity index (χ3v) is 1.59. The predicted molar refractivity (Wildman–Crippen MR) is 34.7 cm³/mol. The molecule has 42 valence electrons. The van der Waals surface area contributed by atoms with E-state index in [4.69, 9.17) is 0 Å². The molecule has 0 aliphatic heterocycles. The molecule has 0 unspecified atom stereocenters. The van der Waals surface area contributed by atoms with Crippen LogP contribution in [0.25, 0.3) is 0 Å². The van der Waals surface area contributed by atoms with Gasteiger partial charge in [-0.25, -0.2) is 0 Å². The highest BCUT2D eigenvalue weighted by atomic mass is 28.1. The first-order valence-electron chi connectivity index (χ1n) is 2.76. The summed E-state index contributed by atoms with van der Waals surface area (Å²) in [6.45, 7) is 1.65. The molecule has 7 heavy (non-hydrogen) atoms. The first kappa shape index (κ1) is 6.89. The second-order valence-corrected chi connectivity index (χ2v) is 2.81. The van der Waals surface area contributed by atoms with Gasteiger partial charge in [0.1, 0.15) is 5.78 Å². The van der Waals surface area contributed by atoms with Gasteiger partial charge in [0.25, 0.3) is 0 Å². The predicted octanol–water partition coefficient (Wildman–Crippen LogP) is 0.139.